The summed E-state index contributed by atoms with van der Waals surface area (Å²) in [5, 5.41) is 6.63. The molecule has 1 unspecified atom stereocenters. The molecule has 23 heavy (non-hydrogen) atoms. The van der Waals surface area contributed by atoms with Gasteiger partial charge in [0.05, 0.1) is 26.4 Å². The summed E-state index contributed by atoms with van der Waals surface area (Å²) in [7, 11) is 0. The fourth-order valence-corrected chi connectivity index (χ4v) is 3.55. The third kappa shape index (κ3) is 3.41. The number of rotatable bonds is 3. The number of aromatic nitrogens is 2. The maximum Gasteiger partial charge on any atom is 0.272 e. The Kier molecular flexibility index (Phi) is 4.09. The number of hydrogen-bond acceptors (Lipinski definition) is 5. The molecule has 1 atom stereocenters. The molecule has 7 heteroatoms. The monoisotopic (exact) mass is 320 g/mol. The summed E-state index contributed by atoms with van der Waals surface area (Å²) in [6, 6.07) is 1.72. The third-order valence-corrected chi connectivity index (χ3v) is 4.91. The van der Waals surface area contributed by atoms with Crippen LogP contribution in [0.25, 0.3) is 0 Å². The van der Waals surface area contributed by atoms with E-state index >= 15 is 0 Å². The van der Waals surface area contributed by atoms with E-state index in [1.54, 1.807) is 12.3 Å². The molecule has 3 fully saturated rings. The first-order chi connectivity index (χ1) is 11.2. The van der Waals surface area contributed by atoms with E-state index in [0.29, 0.717) is 32.0 Å². The van der Waals surface area contributed by atoms with Crippen LogP contribution in [0.5, 0.6) is 0 Å². The van der Waals surface area contributed by atoms with Crippen molar-refractivity contribution in [3.8, 4) is 0 Å². The quantitative estimate of drug-likeness (QED) is 0.871. The minimum atomic E-state index is -0.403. The van der Waals surface area contributed by atoms with Gasteiger partial charge >= 0.3 is 0 Å². The number of carbonyl (C=O) groups is 1. The van der Waals surface area contributed by atoms with Crippen molar-refractivity contribution in [2.45, 2.75) is 18.4 Å². The highest BCUT2D eigenvalue weighted by Gasteiger charge is 2.42. The second-order valence-corrected chi connectivity index (χ2v) is 6.96. The second-order valence-electron chi connectivity index (χ2n) is 6.96. The lowest BCUT2D eigenvalue weighted by Crippen LogP contribution is -2.60. The van der Waals surface area contributed by atoms with Gasteiger partial charge in [-0.05, 0) is 24.8 Å². The third-order valence-electron chi connectivity index (χ3n) is 4.91. The summed E-state index contributed by atoms with van der Waals surface area (Å²) in [5.74, 6) is 0.833. The van der Waals surface area contributed by atoms with Crippen molar-refractivity contribution in [3.05, 3.63) is 18.0 Å². The van der Waals surface area contributed by atoms with Crippen LogP contribution in [-0.4, -0.2) is 84.0 Å². The highest BCUT2D eigenvalue weighted by Crippen LogP contribution is 2.31. The number of morpholine rings is 1. The Labute approximate surface area is 135 Å². The highest BCUT2D eigenvalue weighted by atomic mass is 16.5. The Morgan fingerprint density at radius 1 is 1.35 bits per heavy atom. The lowest BCUT2D eigenvalue weighted by Gasteiger charge is -2.43. The Morgan fingerprint density at radius 3 is 3.04 bits per heavy atom. The van der Waals surface area contributed by atoms with Gasteiger partial charge in [-0.2, -0.15) is 5.10 Å². The highest BCUT2D eigenvalue weighted by molar-refractivity contribution is 5.92. The van der Waals surface area contributed by atoms with E-state index in [9.17, 15) is 4.79 Å². The maximum atomic E-state index is 12.6. The molecule has 2 aliphatic heterocycles. The molecule has 0 bridgehead atoms. The van der Waals surface area contributed by atoms with Gasteiger partial charge in [-0.15, -0.1) is 0 Å². The van der Waals surface area contributed by atoms with Gasteiger partial charge in [-0.25, -0.2) is 0 Å². The first kappa shape index (κ1) is 15.1. The van der Waals surface area contributed by atoms with Crippen LogP contribution >= 0.6 is 0 Å². The summed E-state index contributed by atoms with van der Waals surface area (Å²) < 4.78 is 11.9. The molecule has 1 aromatic rings. The smallest absolute Gasteiger partial charge is 0.272 e. The fourth-order valence-electron chi connectivity index (χ4n) is 3.55. The molecule has 4 rings (SSSR count). The Hall–Kier alpha value is -1.44. The Balaban J connectivity index is 1.46. The number of H-pyrrole nitrogens is 1. The van der Waals surface area contributed by atoms with E-state index in [1.807, 2.05) is 4.90 Å². The van der Waals surface area contributed by atoms with Gasteiger partial charge in [0.1, 0.15) is 11.3 Å². The number of hydrogen-bond donors (Lipinski definition) is 1. The first-order valence-electron chi connectivity index (χ1n) is 8.47. The molecule has 3 aliphatic rings. The van der Waals surface area contributed by atoms with Crippen molar-refractivity contribution in [2.75, 3.05) is 52.5 Å². The minimum Gasteiger partial charge on any atom is -0.377 e. The van der Waals surface area contributed by atoms with Crippen molar-refractivity contribution < 1.29 is 14.3 Å². The number of nitrogens with one attached hydrogen (secondary N) is 1. The average molecular weight is 320 g/mol. The van der Waals surface area contributed by atoms with Gasteiger partial charge in [0.15, 0.2) is 0 Å². The molecule has 2 saturated heterocycles. The van der Waals surface area contributed by atoms with Crippen LogP contribution in [0.15, 0.2) is 12.3 Å². The van der Waals surface area contributed by atoms with Crippen LogP contribution in [-0.2, 0) is 9.47 Å². The van der Waals surface area contributed by atoms with Gasteiger partial charge in [-0.3, -0.25) is 14.8 Å². The second kappa shape index (κ2) is 6.22. The van der Waals surface area contributed by atoms with E-state index in [-0.39, 0.29) is 5.91 Å². The van der Waals surface area contributed by atoms with Crippen LogP contribution in [0.4, 0.5) is 0 Å². The lowest BCUT2D eigenvalue weighted by molar-refractivity contribution is -0.133. The van der Waals surface area contributed by atoms with Gasteiger partial charge in [0.2, 0.25) is 0 Å². The molecule has 3 heterocycles. The largest absolute Gasteiger partial charge is 0.377 e. The van der Waals surface area contributed by atoms with Crippen LogP contribution in [0.2, 0.25) is 0 Å². The Morgan fingerprint density at radius 2 is 2.26 bits per heavy atom. The van der Waals surface area contributed by atoms with Crippen LogP contribution in [0.1, 0.15) is 23.3 Å². The van der Waals surface area contributed by atoms with Crippen LogP contribution < -0.4 is 0 Å². The number of nitrogens with zero attached hydrogens (tertiary/aromatic N) is 3. The molecule has 0 radical (unpaired) electrons. The van der Waals surface area contributed by atoms with Crippen molar-refractivity contribution in [3.63, 3.8) is 0 Å². The normalized spacial score (nSPS) is 29.7. The molecule has 7 nitrogen and oxygen atoms in total. The first-order valence-corrected chi connectivity index (χ1v) is 8.47. The van der Waals surface area contributed by atoms with Gasteiger partial charge in [0, 0.05) is 32.4 Å². The predicted molar refractivity (Wildman–Crippen MR) is 83.2 cm³/mol. The molecule has 1 spiro atoms. The van der Waals surface area contributed by atoms with E-state index < -0.39 is 5.60 Å². The zero-order valence-electron chi connectivity index (χ0n) is 13.4. The SMILES string of the molecule is O=C(c1ccn[nH]1)N1CCOC2(COCCN(CC3CC3)C2)C1. The van der Waals surface area contributed by atoms with Crippen LogP contribution in [0.3, 0.4) is 0 Å². The molecular formula is C16H24N4O3. The summed E-state index contributed by atoms with van der Waals surface area (Å²) in [6.45, 7) is 5.97. The van der Waals surface area contributed by atoms with E-state index in [2.05, 4.69) is 15.1 Å². The molecular weight excluding hydrogens is 296 g/mol. The van der Waals surface area contributed by atoms with E-state index in [0.717, 1.165) is 32.2 Å². The zero-order chi connectivity index (χ0) is 15.7. The van der Waals surface area contributed by atoms with Crippen molar-refractivity contribution in [2.24, 2.45) is 5.92 Å². The van der Waals surface area contributed by atoms with Crippen molar-refractivity contribution in [1.82, 2.24) is 20.0 Å². The fraction of sp³-hybridized carbons (Fsp3) is 0.750. The molecule has 1 N–H and O–H groups in total. The molecule has 1 amide bonds. The number of aromatic amines is 1. The molecule has 1 aliphatic carbocycles. The van der Waals surface area contributed by atoms with Crippen molar-refractivity contribution >= 4 is 5.91 Å². The van der Waals surface area contributed by atoms with Gasteiger partial charge in [-0.1, -0.05) is 0 Å². The molecule has 0 aromatic carbocycles. The summed E-state index contributed by atoms with van der Waals surface area (Å²) >= 11 is 0. The average Bonchev–Trinajstić information content (AvgIpc) is 3.24. The van der Waals surface area contributed by atoms with Crippen molar-refractivity contribution in [1.29, 1.82) is 0 Å². The molecule has 1 saturated carbocycles. The standard InChI is InChI=1S/C16H24N4O3/c21-15(14-3-4-17-18-14)20-6-8-23-16(11-20)10-19(5-7-22-12-16)9-13-1-2-13/h3-4,13H,1-2,5-12H2,(H,17,18). The molecule has 126 valence electrons. The van der Waals surface area contributed by atoms with E-state index in [1.165, 1.54) is 12.8 Å². The summed E-state index contributed by atoms with van der Waals surface area (Å²) in [5.41, 5.74) is 0.130. The molecule has 1 aromatic heterocycles. The zero-order valence-corrected chi connectivity index (χ0v) is 13.4. The number of amides is 1. The van der Waals surface area contributed by atoms with E-state index in [4.69, 9.17) is 9.47 Å². The summed E-state index contributed by atoms with van der Waals surface area (Å²) in [4.78, 5) is 16.9. The minimum absolute atomic E-state index is 0.0110. The predicted octanol–water partition coefficient (Wildman–Crippen LogP) is 0.363. The summed E-state index contributed by atoms with van der Waals surface area (Å²) in [6.07, 6.45) is 4.29. The topological polar surface area (TPSA) is 70.7 Å². The van der Waals surface area contributed by atoms with Gasteiger partial charge < -0.3 is 14.4 Å². The number of ether oxygens (including phenoxy) is 2. The van der Waals surface area contributed by atoms with Gasteiger partial charge in [0.25, 0.3) is 5.91 Å². The van der Waals surface area contributed by atoms with Crippen LogP contribution in [0, 0.1) is 5.92 Å². The maximum absolute atomic E-state index is 12.6. The Bertz CT molecular complexity index is 546. The lowest BCUT2D eigenvalue weighted by atomic mass is 10.0. The number of carbonyl (C=O) groups excluding carboxylic acids is 1.